The van der Waals surface area contributed by atoms with Gasteiger partial charge in [-0.05, 0) is 18.8 Å². The monoisotopic (exact) mass is 136 g/mol. The Morgan fingerprint density at radius 1 is 1.80 bits per heavy atom. The summed E-state index contributed by atoms with van der Waals surface area (Å²) in [5, 5.41) is 0. The Morgan fingerprint density at radius 3 is 2.80 bits per heavy atom. The highest BCUT2D eigenvalue weighted by atomic mass is 16.1. The molecule has 1 rings (SSSR count). The molecular formula is C9H12O. The van der Waals surface area contributed by atoms with Gasteiger partial charge >= 0.3 is 0 Å². The molecule has 1 unspecified atom stereocenters. The van der Waals surface area contributed by atoms with Crippen LogP contribution in [-0.2, 0) is 4.79 Å². The minimum atomic E-state index is 0.219. The highest BCUT2D eigenvalue weighted by Gasteiger charge is 2.31. The summed E-state index contributed by atoms with van der Waals surface area (Å²) >= 11 is 0. The standard InChI is InChI=1S/C9H12O/c1-3-4-9(10)7(2)8-5-6-8/h1,7-8H,4-6H2,2H3. The maximum absolute atomic E-state index is 11.1. The van der Waals surface area contributed by atoms with Crippen molar-refractivity contribution >= 4 is 5.78 Å². The number of terminal acetylenes is 1. The Balaban J connectivity index is 2.33. The number of hydrogen-bond donors (Lipinski definition) is 0. The fraction of sp³-hybridized carbons (Fsp3) is 0.667. The molecule has 10 heavy (non-hydrogen) atoms. The van der Waals surface area contributed by atoms with E-state index in [2.05, 4.69) is 5.92 Å². The number of rotatable bonds is 3. The van der Waals surface area contributed by atoms with Crippen molar-refractivity contribution in [2.45, 2.75) is 26.2 Å². The molecule has 1 heteroatoms. The molecule has 1 atom stereocenters. The lowest BCUT2D eigenvalue weighted by molar-refractivity contribution is -0.121. The number of Topliss-reactive ketones (excluding diaryl/α,β-unsaturated/α-hetero) is 1. The van der Waals surface area contributed by atoms with Gasteiger partial charge in [-0.1, -0.05) is 12.8 Å². The molecule has 1 aliphatic carbocycles. The van der Waals surface area contributed by atoms with Crippen molar-refractivity contribution in [2.24, 2.45) is 11.8 Å². The largest absolute Gasteiger partial charge is 0.298 e. The molecule has 0 aromatic rings. The summed E-state index contributed by atoms with van der Waals surface area (Å²) in [6, 6.07) is 0. The molecule has 1 saturated carbocycles. The maximum atomic E-state index is 11.1. The van der Waals surface area contributed by atoms with Crippen LogP contribution < -0.4 is 0 Å². The van der Waals surface area contributed by atoms with Crippen LogP contribution in [0.15, 0.2) is 0 Å². The van der Waals surface area contributed by atoms with Gasteiger partial charge in [-0.25, -0.2) is 0 Å². The van der Waals surface area contributed by atoms with Crippen molar-refractivity contribution in [3.63, 3.8) is 0 Å². The smallest absolute Gasteiger partial charge is 0.147 e. The molecule has 1 nitrogen and oxygen atoms in total. The van der Waals surface area contributed by atoms with Gasteiger partial charge in [-0.15, -0.1) is 6.42 Å². The summed E-state index contributed by atoms with van der Waals surface area (Å²) in [4.78, 5) is 11.1. The third kappa shape index (κ3) is 1.60. The number of carbonyl (C=O) groups excluding carboxylic acids is 1. The molecule has 0 aromatic heterocycles. The predicted molar refractivity (Wildman–Crippen MR) is 40.3 cm³/mol. The van der Waals surface area contributed by atoms with Crippen molar-refractivity contribution in [2.75, 3.05) is 0 Å². The SMILES string of the molecule is C#CCC(=O)C(C)C1CC1. The zero-order chi connectivity index (χ0) is 7.56. The fourth-order valence-corrected chi connectivity index (χ4v) is 1.12. The lowest BCUT2D eigenvalue weighted by atomic mass is 9.99. The van der Waals surface area contributed by atoms with E-state index in [0.717, 1.165) is 0 Å². The van der Waals surface area contributed by atoms with Crippen molar-refractivity contribution in [3.05, 3.63) is 0 Å². The topological polar surface area (TPSA) is 17.1 Å². The second-order valence-electron chi connectivity index (χ2n) is 2.97. The molecule has 0 saturated heterocycles. The van der Waals surface area contributed by atoms with Crippen LogP contribution in [0.25, 0.3) is 0 Å². The second kappa shape index (κ2) is 2.88. The normalized spacial score (nSPS) is 19.6. The third-order valence-corrected chi connectivity index (χ3v) is 2.11. The van der Waals surface area contributed by atoms with Gasteiger partial charge in [0.2, 0.25) is 0 Å². The Kier molecular flexibility index (Phi) is 2.11. The van der Waals surface area contributed by atoms with E-state index in [1.54, 1.807) is 0 Å². The average Bonchev–Trinajstić information content (AvgIpc) is 2.68. The van der Waals surface area contributed by atoms with Crippen molar-refractivity contribution in [1.82, 2.24) is 0 Å². The summed E-state index contributed by atoms with van der Waals surface area (Å²) < 4.78 is 0. The summed E-state index contributed by atoms with van der Waals surface area (Å²) in [5.74, 6) is 3.49. The molecule has 0 heterocycles. The van der Waals surface area contributed by atoms with E-state index in [-0.39, 0.29) is 11.7 Å². The van der Waals surface area contributed by atoms with Gasteiger partial charge in [-0.2, -0.15) is 0 Å². The van der Waals surface area contributed by atoms with Gasteiger partial charge in [0.15, 0.2) is 0 Å². The molecule has 0 amide bonds. The number of hydrogen-bond acceptors (Lipinski definition) is 1. The quantitative estimate of drug-likeness (QED) is 0.539. The van der Waals surface area contributed by atoms with Crippen LogP contribution in [0.4, 0.5) is 0 Å². The summed E-state index contributed by atoms with van der Waals surface area (Å²) in [5.41, 5.74) is 0. The molecule has 0 radical (unpaired) electrons. The highest BCUT2D eigenvalue weighted by molar-refractivity contribution is 5.83. The summed E-state index contributed by atoms with van der Waals surface area (Å²) in [6.45, 7) is 1.98. The molecule has 1 fully saturated rings. The number of ketones is 1. The molecular weight excluding hydrogens is 124 g/mol. The Bertz CT molecular complexity index is 172. The van der Waals surface area contributed by atoms with Crippen LogP contribution in [-0.4, -0.2) is 5.78 Å². The summed E-state index contributed by atoms with van der Waals surface area (Å²) in [6.07, 6.45) is 7.77. The minimum absolute atomic E-state index is 0.219. The van der Waals surface area contributed by atoms with Crippen molar-refractivity contribution < 1.29 is 4.79 Å². The molecule has 0 aromatic carbocycles. The lowest BCUT2D eigenvalue weighted by Crippen LogP contribution is -2.11. The Labute approximate surface area is 61.8 Å². The lowest BCUT2D eigenvalue weighted by Gasteiger charge is -2.04. The first kappa shape index (κ1) is 7.34. The van der Waals surface area contributed by atoms with Crippen LogP contribution in [0.3, 0.4) is 0 Å². The van der Waals surface area contributed by atoms with E-state index in [4.69, 9.17) is 6.42 Å². The zero-order valence-corrected chi connectivity index (χ0v) is 6.26. The van der Waals surface area contributed by atoms with Crippen LogP contribution in [0, 0.1) is 24.2 Å². The Morgan fingerprint density at radius 2 is 2.40 bits per heavy atom. The van der Waals surface area contributed by atoms with Gasteiger partial charge in [0.25, 0.3) is 0 Å². The van der Waals surface area contributed by atoms with E-state index in [0.29, 0.717) is 12.3 Å². The second-order valence-corrected chi connectivity index (χ2v) is 2.97. The van der Waals surface area contributed by atoms with Crippen LogP contribution in [0.2, 0.25) is 0 Å². The van der Waals surface area contributed by atoms with Crippen molar-refractivity contribution in [1.29, 1.82) is 0 Å². The molecule has 1 aliphatic rings. The first-order valence-corrected chi connectivity index (χ1v) is 3.72. The van der Waals surface area contributed by atoms with Gasteiger partial charge < -0.3 is 0 Å². The van der Waals surface area contributed by atoms with Gasteiger partial charge in [0, 0.05) is 5.92 Å². The van der Waals surface area contributed by atoms with Gasteiger partial charge in [-0.3, -0.25) is 4.79 Å². The van der Waals surface area contributed by atoms with E-state index in [1.807, 2.05) is 6.92 Å². The van der Waals surface area contributed by atoms with Crippen LogP contribution in [0.1, 0.15) is 26.2 Å². The van der Waals surface area contributed by atoms with Crippen molar-refractivity contribution in [3.8, 4) is 12.3 Å². The number of carbonyl (C=O) groups is 1. The van der Waals surface area contributed by atoms with E-state index < -0.39 is 0 Å². The van der Waals surface area contributed by atoms with Crippen LogP contribution >= 0.6 is 0 Å². The average molecular weight is 136 g/mol. The van der Waals surface area contributed by atoms with Crippen LogP contribution in [0.5, 0.6) is 0 Å². The molecule has 54 valence electrons. The van der Waals surface area contributed by atoms with Gasteiger partial charge in [0.05, 0.1) is 6.42 Å². The molecule has 0 spiro atoms. The third-order valence-electron chi connectivity index (χ3n) is 2.11. The summed E-state index contributed by atoms with van der Waals surface area (Å²) in [7, 11) is 0. The fourth-order valence-electron chi connectivity index (χ4n) is 1.12. The van der Waals surface area contributed by atoms with E-state index in [9.17, 15) is 4.79 Å². The minimum Gasteiger partial charge on any atom is -0.298 e. The molecule has 0 bridgehead atoms. The van der Waals surface area contributed by atoms with Gasteiger partial charge in [0.1, 0.15) is 5.78 Å². The first-order valence-electron chi connectivity index (χ1n) is 3.72. The molecule has 0 aliphatic heterocycles. The molecule has 0 N–H and O–H groups in total. The highest BCUT2D eigenvalue weighted by Crippen LogP contribution is 2.37. The zero-order valence-electron chi connectivity index (χ0n) is 6.26. The maximum Gasteiger partial charge on any atom is 0.147 e. The van der Waals surface area contributed by atoms with E-state index >= 15 is 0 Å². The predicted octanol–water partition coefficient (Wildman–Crippen LogP) is 1.62. The first-order chi connectivity index (χ1) is 4.75. The van der Waals surface area contributed by atoms with E-state index in [1.165, 1.54) is 12.8 Å². The Hall–Kier alpha value is -0.770.